The highest BCUT2D eigenvalue weighted by atomic mass is 28.4. The Morgan fingerprint density at radius 3 is 1.87 bits per heavy atom. The summed E-state index contributed by atoms with van der Waals surface area (Å²) >= 11 is 0. The summed E-state index contributed by atoms with van der Waals surface area (Å²) in [7, 11) is -6.49. The van der Waals surface area contributed by atoms with Crippen molar-refractivity contribution in [2.75, 3.05) is 6.54 Å². The van der Waals surface area contributed by atoms with E-state index < -0.39 is 49.1 Å². The van der Waals surface area contributed by atoms with Crippen LogP contribution in [0.5, 0.6) is 0 Å². The first-order valence-electron chi connectivity index (χ1n) is 20.6. The number of fused-ring (bicyclic) bond motifs is 1. The Labute approximate surface area is 325 Å². The maximum atomic E-state index is 14.1. The summed E-state index contributed by atoms with van der Waals surface area (Å²) in [5, 5.41) is 3.18. The Hall–Kier alpha value is -0.729. The van der Waals surface area contributed by atoms with Gasteiger partial charge in [-0.25, -0.2) is 0 Å². The van der Waals surface area contributed by atoms with Crippen molar-refractivity contribution in [3.63, 3.8) is 0 Å². The largest absolute Gasteiger partial charge is 0.416 e. The molecule has 0 bridgehead atoms. The summed E-state index contributed by atoms with van der Waals surface area (Å²) in [5.74, 6) is 0.400. The van der Waals surface area contributed by atoms with Crippen molar-refractivity contribution in [2.45, 2.75) is 206 Å². The van der Waals surface area contributed by atoms with Crippen molar-refractivity contribution in [3.05, 3.63) is 23.3 Å². The number of alkyl halides is 3. The fourth-order valence-corrected chi connectivity index (χ4v) is 13.2. The Bertz CT molecular complexity index is 1290. The van der Waals surface area contributed by atoms with Crippen molar-refractivity contribution in [3.8, 4) is 0 Å². The summed E-state index contributed by atoms with van der Waals surface area (Å²) in [4.78, 5) is 13.0. The van der Waals surface area contributed by atoms with Crippen molar-refractivity contribution >= 4 is 30.9 Å². The molecule has 11 heteroatoms. The van der Waals surface area contributed by atoms with Gasteiger partial charge < -0.3 is 18.6 Å². The second-order valence-corrected chi connectivity index (χ2v) is 35.5. The number of allylic oxidation sites excluding steroid dienone is 3. The normalized spacial score (nSPS) is 29.3. The van der Waals surface area contributed by atoms with Crippen LogP contribution in [-0.4, -0.2) is 61.4 Å². The Morgan fingerprint density at radius 2 is 1.40 bits per heavy atom. The molecule has 3 aliphatic rings. The van der Waals surface area contributed by atoms with E-state index in [1.165, 1.54) is 11.1 Å². The monoisotopic (exact) mass is 802 g/mol. The molecule has 0 aliphatic heterocycles. The van der Waals surface area contributed by atoms with Crippen molar-refractivity contribution in [2.24, 2.45) is 23.2 Å². The van der Waals surface area contributed by atoms with Crippen LogP contribution in [0.1, 0.15) is 127 Å². The number of halogens is 3. The Balaban J connectivity index is 1.80. The minimum Gasteiger partial charge on any atom is -0.414 e. The van der Waals surface area contributed by atoms with Gasteiger partial charge in [0.15, 0.2) is 30.6 Å². The van der Waals surface area contributed by atoms with E-state index in [-0.39, 0.29) is 33.6 Å². The van der Waals surface area contributed by atoms with Gasteiger partial charge >= 0.3 is 6.18 Å². The standard InChI is InChI=1S/C42H78F3NO4Si3/c1-30(29-46-37(47)28-41(9,42(43,44)45)50-51(10,11)12)35-20-17-21-36-32(19-18-24-40(35,36)8)23-22-31-25-33(48-52(13,14)38(2,3)4)27-34(26-31)49-53(15,16)39(5,6)7/h22-23,30,33-36H,17-21,24-29H2,1-16H3,(H,46,47)/b32-23-/t30-,33-,34-,35-,36+,40-,41-/m1/s1. The zero-order valence-electron chi connectivity index (χ0n) is 36.6. The topological polar surface area (TPSA) is 56.8 Å². The molecule has 0 heterocycles. The van der Waals surface area contributed by atoms with Crippen LogP contribution >= 0.6 is 0 Å². The predicted octanol–water partition coefficient (Wildman–Crippen LogP) is 12.7. The highest BCUT2D eigenvalue weighted by Gasteiger charge is 2.55. The van der Waals surface area contributed by atoms with Gasteiger partial charge in [-0.15, -0.1) is 0 Å². The van der Waals surface area contributed by atoms with Crippen molar-refractivity contribution in [1.29, 1.82) is 0 Å². The van der Waals surface area contributed by atoms with E-state index in [1.807, 2.05) is 0 Å². The van der Waals surface area contributed by atoms with Crippen molar-refractivity contribution in [1.82, 2.24) is 5.32 Å². The molecule has 7 atom stereocenters. The first-order chi connectivity index (χ1) is 23.8. The summed E-state index contributed by atoms with van der Waals surface area (Å²) in [6, 6.07) is 0. The minimum atomic E-state index is -4.63. The third-order valence-electron chi connectivity index (χ3n) is 13.8. The third kappa shape index (κ3) is 11.9. The van der Waals surface area contributed by atoms with E-state index in [0.717, 1.165) is 64.7 Å². The zero-order valence-corrected chi connectivity index (χ0v) is 39.6. The first kappa shape index (κ1) is 46.7. The van der Waals surface area contributed by atoms with Gasteiger partial charge in [0.05, 0.1) is 18.6 Å². The molecular weight excluding hydrogens is 724 g/mol. The van der Waals surface area contributed by atoms with E-state index in [4.69, 9.17) is 13.3 Å². The predicted molar refractivity (Wildman–Crippen MR) is 223 cm³/mol. The molecule has 0 radical (unpaired) electrons. The number of carbonyl (C=O) groups is 1. The molecule has 3 saturated carbocycles. The van der Waals surface area contributed by atoms with Crippen LogP contribution in [0.2, 0.25) is 55.9 Å². The fourth-order valence-electron chi connectivity index (χ4n) is 8.92. The van der Waals surface area contributed by atoms with Gasteiger partial charge in [0.1, 0.15) is 0 Å². The number of amides is 1. The molecular formula is C42H78F3NO4Si3. The van der Waals surface area contributed by atoms with Crippen LogP contribution in [0.3, 0.4) is 0 Å². The number of hydrogen-bond acceptors (Lipinski definition) is 4. The average molecular weight is 802 g/mol. The number of nitrogens with one attached hydrogen (secondary N) is 1. The van der Waals surface area contributed by atoms with Gasteiger partial charge in [-0.05, 0) is 137 Å². The lowest BCUT2D eigenvalue weighted by atomic mass is 9.52. The molecule has 53 heavy (non-hydrogen) atoms. The highest BCUT2D eigenvalue weighted by molar-refractivity contribution is 6.74. The zero-order chi connectivity index (χ0) is 40.6. The second-order valence-electron chi connectivity index (χ2n) is 21.6. The smallest absolute Gasteiger partial charge is 0.414 e. The molecule has 0 aromatic rings. The summed E-state index contributed by atoms with van der Waals surface area (Å²) in [6.45, 7) is 34.5. The van der Waals surface area contributed by atoms with E-state index in [1.54, 1.807) is 19.6 Å². The maximum absolute atomic E-state index is 14.1. The van der Waals surface area contributed by atoms with Gasteiger partial charge in [0.2, 0.25) is 5.91 Å². The van der Waals surface area contributed by atoms with Gasteiger partial charge in [0, 0.05) is 6.54 Å². The van der Waals surface area contributed by atoms with Gasteiger partial charge in [-0.3, -0.25) is 4.79 Å². The maximum Gasteiger partial charge on any atom is 0.416 e. The molecule has 0 aromatic heterocycles. The lowest BCUT2D eigenvalue weighted by Gasteiger charge is -2.53. The average Bonchev–Trinajstić information content (AvgIpc) is 2.95. The molecule has 3 fully saturated rings. The van der Waals surface area contributed by atoms with Crippen molar-refractivity contribution < 1.29 is 31.2 Å². The van der Waals surface area contributed by atoms with E-state index >= 15 is 0 Å². The number of hydrogen-bond donors (Lipinski definition) is 1. The molecule has 5 nitrogen and oxygen atoms in total. The van der Waals surface area contributed by atoms with Gasteiger partial charge in [-0.1, -0.05) is 85.1 Å². The highest BCUT2D eigenvalue weighted by Crippen LogP contribution is 2.57. The number of carbonyl (C=O) groups excluding carboxylic acids is 1. The molecule has 0 saturated heterocycles. The molecule has 3 rings (SSSR count). The quantitative estimate of drug-likeness (QED) is 0.200. The van der Waals surface area contributed by atoms with Crippen LogP contribution in [0, 0.1) is 23.2 Å². The minimum absolute atomic E-state index is 0.0843. The van der Waals surface area contributed by atoms with Crippen LogP contribution in [-0.2, 0) is 18.1 Å². The molecule has 308 valence electrons. The third-order valence-corrected chi connectivity index (χ3v) is 23.9. The van der Waals surface area contributed by atoms with E-state index in [2.05, 4.69) is 99.0 Å². The van der Waals surface area contributed by atoms with Crippen LogP contribution < -0.4 is 5.32 Å². The molecule has 0 spiro atoms. The Kier molecular flexibility index (Phi) is 14.6. The molecule has 0 aromatic carbocycles. The molecule has 1 N–H and O–H groups in total. The Morgan fingerprint density at radius 1 is 0.868 bits per heavy atom. The van der Waals surface area contributed by atoms with Gasteiger partial charge in [-0.2, -0.15) is 13.2 Å². The van der Waals surface area contributed by atoms with Crippen LogP contribution in [0.25, 0.3) is 0 Å². The first-order valence-corrected chi connectivity index (χ1v) is 29.8. The fraction of sp³-hybridized carbons (Fsp3) is 0.881. The van der Waals surface area contributed by atoms with Crippen LogP contribution in [0.15, 0.2) is 23.3 Å². The van der Waals surface area contributed by atoms with Crippen LogP contribution in [0.4, 0.5) is 13.2 Å². The summed E-state index contributed by atoms with van der Waals surface area (Å²) < 4.78 is 62.0. The molecule has 3 aliphatic carbocycles. The lowest BCUT2D eigenvalue weighted by Crippen LogP contribution is -2.53. The van der Waals surface area contributed by atoms with E-state index in [9.17, 15) is 18.0 Å². The molecule has 0 unspecified atom stereocenters. The second kappa shape index (κ2) is 16.6. The number of rotatable bonds is 12. The summed E-state index contributed by atoms with van der Waals surface area (Å²) in [6.07, 6.45) is 9.40. The lowest BCUT2D eigenvalue weighted by molar-refractivity contribution is -0.246. The SMILES string of the molecule is C[C@H](CNC(=O)C[C@@](C)(O[Si](C)(C)C)C(F)(F)F)[C@H]1CCC[C@H]2/C(=C\C=C3C[C@@H](O[Si](C)(C)C(C)(C)C)C[C@H](O[Si](C)(C)C(C)(C)C)C3)CCC[C@]12C. The molecule has 1 amide bonds. The van der Waals surface area contributed by atoms with E-state index in [0.29, 0.717) is 18.4 Å². The summed E-state index contributed by atoms with van der Waals surface area (Å²) in [5.41, 5.74) is 0.555. The van der Waals surface area contributed by atoms with Gasteiger partial charge in [0.25, 0.3) is 0 Å².